The molecule has 0 fully saturated rings. The summed E-state index contributed by atoms with van der Waals surface area (Å²) in [5, 5.41) is 7.28. The van der Waals surface area contributed by atoms with Gasteiger partial charge in [0, 0.05) is 0 Å². The van der Waals surface area contributed by atoms with Crippen molar-refractivity contribution in [2.75, 3.05) is 5.73 Å². The summed E-state index contributed by atoms with van der Waals surface area (Å²) in [5.41, 5.74) is 5.50. The minimum absolute atomic E-state index is 0.0783. The second kappa shape index (κ2) is 1.88. The van der Waals surface area contributed by atoms with E-state index in [4.69, 9.17) is 5.73 Å². The molecule has 1 aromatic rings. The highest BCUT2D eigenvalue weighted by Crippen LogP contribution is 2.19. The molecule has 6 nitrogen and oxygen atoms in total. The first kappa shape index (κ1) is 6.02. The lowest BCUT2D eigenvalue weighted by Crippen LogP contribution is -2.14. The molecule has 1 aliphatic rings. The quantitative estimate of drug-likeness (QED) is 0.543. The van der Waals surface area contributed by atoms with Crippen LogP contribution in [-0.2, 0) is 6.54 Å². The molecular formula is C5H5N5O. The summed E-state index contributed by atoms with van der Waals surface area (Å²) in [7, 11) is 0. The maximum absolute atomic E-state index is 11.0. The maximum atomic E-state index is 11.0. The molecule has 0 atom stereocenters. The minimum atomic E-state index is -0.252. The molecule has 0 aliphatic carbocycles. The molecule has 0 radical (unpaired) electrons. The number of hydrogen-bond acceptors (Lipinski definition) is 5. The molecular weight excluding hydrogens is 146 g/mol. The van der Waals surface area contributed by atoms with Crippen LogP contribution in [0.4, 0.5) is 11.8 Å². The molecule has 2 heterocycles. The van der Waals surface area contributed by atoms with Crippen molar-refractivity contribution in [3.63, 3.8) is 0 Å². The van der Waals surface area contributed by atoms with E-state index in [9.17, 15) is 4.79 Å². The topological polar surface area (TPSA) is 96.5 Å². The van der Waals surface area contributed by atoms with Crippen LogP contribution in [-0.4, -0.2) is 9.97 Å². The highest BCUT2D eigenvalue weighted by Gasteiger charge is 2.13. The van der Waals surface area contributed by atoms with Gasteiger partial charge in [-0.05, 0) is 0 Å². The summed E-state index contributed by atoms with van der Waals surface area (Å²) in [5.74, 6) is 0.417. The maximum Gasteiger partial charge on any atom is 0.259 e. The van der Waals surface area contributed by atoms with Gasteiger partial charge in [-0.15, -0.1) is 5.11 Å². The van der Waals surface area contributed by atoms with E-state index in [0.717, 1.165) is 0 Å². The lowest BCUT2D eigenvalue weighted by molar-refractivity contribution is 1.01. The molecule has 0 saturated heterocycles. The average molecular weight is 151 g/mol. The molecule has 3 N–H and O–H groups in total. The smallest absolute Gasteiger partial charge is 0.259 e. The standard InChI is InChI=1S/C5H5N5O/c6-5-8-3-2(1-7-10-3)4(11)9-5/h1H2,(H3,6,8,9,11). The lowest BCUT2D eigenvalue weighted by Gasteiger charge is -1.93. The van der Waals surface area contributed by atoms with Crippen molar-refractivity contribution in [2.45, 2.75) is 6.54 Å². The van der Waals surface area contributed by atoms with E-state index in [0.29, 0.717) is 17.9 Å². The van der Waals surface area contributed by atoms with Crippen molar-refractivity contribution in [2.24, 2.45) is 10.2 Å². The van der Waals surface area contributed by atoms with E-state index < -0.39 is 0 Å². The number of azo groups is 1. The highest BCUT2D eigenvalue weighted by molar-refractivity contribution is 5.41. The fourth-order valence-electron chi connectivity index (χ4n) is 0.901. The van der Waals surface area contributed by atoms with Gasteiger partial charge in [0.05, 0.1) is 12.1 Å². The summed E-state index contributed by atoms with van der Waals surface area (Å²) >= 11 is 0. The Balaban J connectivity index is 2.76. The Labute approximate surface area is 61.2 Å². The molecule has 0 unspecified atom stereocenters. The Hall–Kier alpha value is -1.72. The van der Waals surface area contributed by atoms with Gasteiger partial charge >= 0.3 is 0 Å². The second-order valence-electron chi connectivity index (χ2n) is 2.15. The molecule has 0 saturated carbocycles. The number of rotatable bonds is 0. The molecule has 2 rings (SSSR count). The third kappa shape index (κ3) is 0.794. The normalized spacial score (nSPS) is 13.5. The van der Waals surface area contributed by atoms with Crippen molar-refractivity contribution in [1.82, 2.24) is 9.97 Å². The van der Waals surface area contributed by atoms with Gasteiger partial charge in [-0.1, -0.05) is 0 Å². The van der Waals surface area contributed by atoms with Crippen LogP contribution < -0.4 is 11.3 Å². The molecule has 1 aromatic heterocycles. The molecule has 0 aromatic carbocycles. The van der Waals surface area contributed by atoms with E-state index in [1.54, 1.807) is 0 Å². The van der Waals surface area contributed by atoms with Gasteiger partial charge in [0.25, 0.3) is 5.56 Å². The van der Waals surface area contributed by atoms with Crippen molar-refractivity contribution in [3.8, 4) is 0 Å². The minimum Gasteiger partial charge on any atom is -0.369 e. The Morgan fingerprint density at radius 1 is 1.55 bits per heavy atom. The van der Waals surface area contributed by atoms with Crippen LogP contribution in [0.3, 0.4) is 0 Å². The van der Waals surface area contributed by atoms with Crippen LogP contribution in [0, 0.1) is 0 Å². The molecule has 56 valence electrons. The van der Waals surface area contributed by atoms with Gasteiger partial charge in [0.15, 0.2) is 5.82 Å². The number of aromatic nitrogens is 2. The summed E-state index contributed by atoms with van der Waals surface area (Å²) in [6.45, 7) is 0.304. The third-order valence-electron chi connectivity index (χ3n) is 1.41. The Morgan fingerprint density at radius 3 is 3.18 bits per heavy atom. The summed E-state index contributed by atoms with van der Waals surface area (Å²) < 4.78 is 0. The van der Waals surface area contributed by atoms with E-state index >= 15 is 0 Å². The van der Waals surface area contributed by atoms with E-state index in [1.807, 2.05) is 0 Å². The van der Waals surface area contributed by atoms with Crippen LogP contribution in [0.25, 0.3) is 0 Å². The van der Waals surface area contributed by atoms with E-state index in [2.05, 4.69) is 20.2 Å². The molecule has 0 bridgehead atoms. The van der Waals surface area contributed by atoms with E-state index in [-0.39, 0.29) is 11.5 Å². The first-order valence-electron chi connectivity index (χ1n) is 3.03. The predicted molar refractivity (Wildman–Crippen MR) is 37.5 cm³/mol. The zero-order valence-corrected chi connectivity index (χ0v) is 5.53. The predicted octanol–water partition coefficient (Wildman–Crippen LogP) is -0.0506. The number of fused-ring (bicyclic) bond motifs is 1. The molecule has 6 heteroatoms. The number of nitrogens with one attached hydrogen (secondary N) is 1. The van der Waals surface area contributed by atoms with Crippen molar-refractivity contribution in [3.05, 3.63) is 15.9 Å². The fraction of sp³-hybridized carbons (Fsp3) is 0.200. The van der Waals surface area contributed by atoms with Gasteiger partial charge in [-0.2, -0.15) is 10.1 Å². The van der Waals surface area contributed by atoms with Crippen molar-refractivity contribution in [1.29, 1.82) is 0 Å². The van der Waals surface area contributed by atoms with Crippen LogP contribution >= 0.6 is 0 Å². The number of nitrogen functional groups attached to an aromatic ring is 1. The van der Waals surface area contributed by atoms with Gasteiger partial charge in [0.1, 0.15) is 0 Å². The third-order valence-corrected chi connectivity index (χ3v) is 1.41. The fourth-order valence-corrected chi connectivity index (χ4v) is 0.901. The van der Waals surface area contributed by atoms with Crippen LogP contribution in [0.15, 0.2) is 15.0 Å². The van der Waals surface area contributed by atoms with Gasteiger partial charge in [-0.3, -0.25) is 9.78 Å². The Bertz CT molecular complexity index is 379. The largest absolute Gasteiger partial charge is 0.369 e. The number of aromatic amines is 1. The first-order chi connectivity index (χ1) is 5.27. The number of H-pyrrole nitrogens is 1. The monoisotopic (exact) mass is 151 g/mol. The van der Waals surface area contributed by atoms with Crippen LogP contribution in [0.1, 0.15) is 5.56 Å². The molecule has 11 heavy (non-hydrogen) atoms. The van der Waals surface area contributed by atoms with Crippen LogP contribution in [0.2, 0.25) is 0 Å². The molecule has 0 spiro atoms. The zero-order chi connectivity index (χ0) is 7.84. The first-order valence-corrected chi connectivity index (χ1v) is 3.03. The highest BCUT2D eigenvalue weighted by atomic mass is 16.1. The van der Waals surface area contributed by atoms with Crippen LogP contribution in [0.5, 0.6) is 0 Å². The number of nitrogens with two attached hydrogens (primary N) is 1. The summed E-state index contributed by atoms with van der Waals surface area (Å²) in [6.07, 6.45) is 0. The number of hydrogen-bond donors (Lipinski definition) is 2. The van der Waals surface area contributed by atoms with Crippen molar-refractivity contribution >= 4 is 11.8 Å². The number of nitrogens with zero attached hydrogens (tertiary/aromatic N) is 3. The SMILES string of the molecule is Nc1nc2c(c(=O)[nH]1)CN=N2. The Morgan fingerprint density at radius 2 is 2.36 bits per heavy atom. The second-order valence-corrected chi connectivity index (χ2v) is 2.15. The number of anilines is 1. The Kier molecular flexibility index (Phi) is 1.03. The van der Waals surface area contributed by atoms with Gasteiger partial charge < -0.3 is 5.73 Å². The average Bonchev–Trinajstić information content (AvgIpc) is 2.34. The lowest BCUT2D eigenvalue weighted by atomic mass is 10.3. The summed E-state index contributed by atoms with van der Waals surface area (Å²) in [6, 6.07) is 0. The van der Waals surface area contributed by atoms with E-state index in [1.165, 1.54) is 0 Å². The van der Waals surface area contributed by atoms with Crippen molar-refractivity contribution < 1.29 is 0 Å². The van der Waals surface area contributed by atoms with Gasteiger partial charge in [0.2, 0.25) is 5.95 Å². The molecule has 1 aliphatic heterocycles. The molecule has 0 amide bonds. The summed E-state index contributed by atoms with van der Waals surface area (Å²) in [4.78, 5) is 17.2. The zero-order valence-electron chi connectivity index (χ0n) is 5.53. The van der Waals surface area contributed by atoms with Gasteiger partial charge in [-0.25, -0.2) is 0 Å².